The van der Waals surface area contributed by atoms with Gasteiger partial charge in [-0.2, -0.15) is 11.8 Å². The minimum absolute atomic E-state index is 0.260. The van der Waals surface area contributed by atoms with Gasteiger partial charge in [0.15, 0.2) is 0 Å². The van der Waals surface area contributed by atoms with Crippen LogP contribution in [0.3, 0.4) is 0 Å². The number of cyclic esters (lactones) is 2. The molecule has 1 aliphatic heterocycles. The van der Waals surface area contributed by atoms with E-state index in [1.807, 2.05) is 16.7 Å². The van der Waals surface area contributed by atoms with Gasteiger partial charge in [-0.25, -0.2) is 0 Å². The van der Waals surface area contributed by atoms with Crippen molar-refractivity contribution in [3.05, 3.63) is 0 Å². The van der Waals surface area contributed by atoms with Crippen LogP contribution in [0.15, 0.2) is 0 Å². The number of carbonyl (C=O) groups excluding carboxylic acids is 2. The molecule has 0 bridgehead atoms. The monoisotopic (exact) mass is 245 g/mol. The molecule has 0 aliphatic carbocycles. The van der Waals surface area contributed by atoms with E-state index < -0.39 is 11.9 Å². The second-order valence-corrected chi connectivity index (χ2v) is 4.95. The highest BCUT2D eigenvalue weighted by Gasteiger charge is 2.23. The molecule has 0 atom stereocenters. The molecule has 1 heterocycles. The third-order valence-electron chi connectivity index (χ3n) is 2.51. The van der Waals surface area contributed by atoms with Crippen LogP contribution in [-0.4, -0.2) is 48.5 Å². The van der Waals surface area contributed by atoms with Crippen molar-refractivity contribution in [2.24, 2.45) is 0 Å². The van der Waals surface area contributed by atoms with E-state index in [2.05, 4.69) is 11.0 Å². The Balaban J connectivity index is 2.04. The topological polar surface area (TPSA) is 46.6 Å². The second kappa shape index (κ2) is 7.68. The summed E-state index contributed by atoms with van der Waals surface area (Å²) in [5.41, 5.74) is 0. The molecule has 0 aromatic carbocycles. The van der Waals surface area contributed by atoms with E-state index in [0.717, 1.165) is 13.0 Å². The van der Waals surface area contributed by atoms with E-state index in [0.29, 0.717) is 0 Å². The molecule has 92 valence electrons. The van der Waals surface area contributed by atoms with Crippen LogP contribution < -0.4 is 0 Å². The van der Waals surface area contributed by atoms with Gasteiger partial charge < -0.3 is 4.74 Å². The van der Waals surface area contributed by atoms with Crippen LogP contribution in [0.2, 0.25) is 0 Å². The normalized spacial score (nSPS) is 17.6. The number of thioether (sulfide) groups is 1. The van der Waals surface area contributed by atoms with Gasteiger partial charge in [-0.05, 0) is 31.4 Å². The molecule has 0 amide bonds. The van der Waals surface area contributed by atoms with Gasteiger partial charge in [-0.3, -0.25) is 14.5 Å². The number of nitrogens with zero attached hydrogens (tertiary/aromatic N) is 1. The van der Waals surface area contributed by atoms with E-state index in [1.165, 1.54) is 25.0 Å². The van der Waals surface area contributed by atoms with Crippen molar-refractivity contribution < 1.29 is 14.3 Å². The Morgan fingerprint density at radius 2 is 1.75 bits per heavy atom. The lowest BCUT2D eigenvalue weighted by Gasteiger charge is -2.23. The highest BCUT2D eigenvalue weighted by molar-refractivity contribution is 7.98. The molecule has 5 heteroatoms. The lowest BCUT2D eigenvalue weighted by molar-refractivity contribution is -0.166. The molecular formula is C11H19NO3S. The van der Waals surface area contributed by atoms with Crippen LogP contribution in [0.1, 0.15) is 25.7 Å². The van der Waals surface area contributed by atoms with Crippen molar-refractivity contribution in [2.75, 3.05) is 31.6 Å². The molecule has 0 N–H and O–H groups in total. The highest BCUT2D eigenvalue weighted by Crippen LogP contribution is 2.07. The number of carbonyl (C=O) groups is 2. The van der Waals surface area contributed by atoms with Gasteiger partial charge in [-0.15, -0.1) is 0 Å². The third kappa shape index (κ3) is 5.51. The molecule has 4 nitrogen and oxygen atoms in total. The van der Waals surface area contributed by atoms with Crippen LogP contribution in [-0.2, 0) is 14.3 Å². The van der Waals surface area contributed by atoms with Gasteiger partial charge in [0.1, 0.15) is 0 Å². The second-order valence-electron chi connectivity index (χ2n) is 3.96. The summed E-state index contributed by atoms with van der Waals surface area (Å²) in [6.45, 7) is 1.34. The Labute approximate surface area is 101 Å². The molecule has 1 saturated heterocycles. The van der Waals surface area contributed by atoms with Gasteiger partial charge in [-0.1, -0.05) is 12.8 Å². The Hall–Kier alpha value is -0.550. The van der Waals surface area contributed by atoms with Crippen LogP contribution in [0.25, 0.3) is 0 Å². The number of ether oxygens (including phenoxy) is 1. The van der Waals surface area contributed by atoms with Gasteiger partial charge in [0, 0.05) is 0 Å². The lowest BCUT2D eigenvalue weighted by atomic mass is 10.2. The summed E-state index contributed by atoms with van der Waals surface area (Å²) in [6, 6.07) is 0. The first kappa shape index (κ1) is 13.5. The van der Waals surface area contributed by atoms with Gasteiger partial charge in [0.2, 0.25) is 0 Å². The van der Waals surface area contributed by atoms with Crippen LogP contribution in [0.4, 0.5) is 0 Å². The van der Waals surface area contributed by atoms with Crippen molar-refractivity contribution in [1.29, 1.82) is 0 Å². The first-order chi connectivity index (χ1) is 7.72. The predicted octanol–water partition coefficient (Wildman–Crippen LogP) is 1.30. The molecule has 1 aliphatic rings. The summed E-state index contributed by atoms with van der Waals surface area (Å²) in [7, 11) is 0. The predicted molar refractivity (Wildman–Crippen MR) is 64.4 cm³/mol. The van der Waals surface area contributed by atoms with Crippen LogP contribution in [0, 0.1) is 0 Å². The van der Waals surface area contributed by atoms with E-state index in [4.69, 9.17) is 0 Å². The van der Waals surface area contributed by atoms with E-state index in [9.17, 15) is 9.59 Å². The first-order valence-corrected chi connectivity index (χ1v) is 7.06. The standard InChI is InChI=1S/C11H19NO3S/c1-16-7-5-3-2-4-6-12-8-10(13)15-11(14)9-12/h2-9H2,1H3. The summed E-state index contributed by atoms with van der Waals surface area (Å²) in [6.07, 6.45) is 6.81. The third-order valence-corrected chi connectivity index (χ3v) is 3.20. The quantitative estimate of drug-likeness (QED) is 0.384. The molecule has 0 saturated carbocycles. The number of hydrogen-bond acceptors (Lipinski definition) is 5. The molecule has 1 rings (SSSR count). The van der Waals surface area contributed by atoms with Gasteiger partial charge >= 0.3 is 11.9 Å². The lowest BCUT2D eigenvalue weighted by Crippen LogP contribution is -2.43. The summed E-state index contributed by atoms with van der Waals surface area (Å²) in [4.78, 5) is 23.8. The number of esters is 2. The van der Waals surface area contributed by atoms with Gasteiger partial charge in [0.25, 0.3) is 0 Å². The smallest absolute Gasteiger partial charge is 0.327 e. The zero-order valence-electron chi connectivity index (χ0n) is 9.74. The number of morpholine rings is 1. The van der Waals surface area contributed by atoms with E-state index >= 15 is 0 Å². The van der Waals surface area contributed by atoms with Crippen LogP contribution in [0.5, 0.6) is 0 Å². The van der Waals surface area contributed by atoms with Gasteiger partial charge in [0.05, 0.1) is 13.1 Å². The molecule has 0 unspecified atom stereocenters. The fourth-order valence-corrected chi connectivity index (χ4v) is 2.20. The minimum Gasteiger partial charge on any atom is -0.391 e. The van der Waals surface area contributed by atoms with Crippen molar-refractivity contribution in [3.8, 4) is 0 Å². The van der Waals surface area contributed by atoms with Crippen molar-refractivity contribution in [1.82, 2.24) is 4.90 Å². The molecule has 0 radical (unpaired) electrons. The molecule has 16 heavy (non-hydrogen) atoms. The van der Waals surface area contributed by atoms with Crippen LogP contribution >= 0.6 is 11.8 Å². The van der Waals surface area contributed by atoms with E-state index in [-0.39, 0.29) is 13.1 Å². The number of rotatable bonds is 7. The summed E-state index contributed by atoms with van der Waals surface area (Å²) in [5.74, 6) is 0.381. The number of unbranched alkanes of at least 4 members (excludes halogenated alkanes) is 3. The Bertz CT molecular complexity index is 229. The highest BCUT2D eigenvalue weighted by atomic mass is 32.2. The Morgan fingerprint density at radius 3 is 2.38 bits per heavy atom. The molecule has 1 fully saturated rings. The molecule has 0 aromatic rings. The summed E-state index contributed by atoms with van der Waals surface area (Å²) >= 11 is 1.87. The summed E-state index contributed by atoms with van der Waals surface area (Å²) < 4.78 is 4.45. The van der Waals surface area contributed by atoms with Crippen molar-refractivity contribution in [2.45, 2.75) is 25.7 Å². The largest absolute Gasteiger partial charge is 0.391 e. The molecule has 0 aromatic heterocycles. The maximum Gasteiger partial charge on any atom is 0.327 e. The maximum atomic E-state index is 11.0. The SMILES string of the molecule is CSCCCCCCN1CC(=O)OC(=O)C1. The zero-order chi connectivity index (χ0) is 11.8. The average Bonchev–Trinajstić information content (AvgIpc) is 2.22. The average molecular weight is 245 g/mol. The summed E-state index contributed by atoms with van der Waals surface area (Å²) in [5, 5.41) is 0. The number of hydrogen-bond donors (Lipinski definition) is 0. The van der Waals surface area contributed by atoms with Crippen molar-refractivity contribution in [3.63, 3.8) is 0 Å². The molecule has 0 spiro atoms. The fraction of sp³-hybridized carbons (Fsp3) is 0.818. The first-order valence-electron chi connectivity index (χ1n) is 5.67. The molecular weight excluding hydrogens is 226 g/mol. The Kier molecular flexibility index (Phi) is 6.49. The van der Waals surface area contributed by atoms with E-state index in [1.54, 1.807) is 0 Å². The zero-order valence-corrected chi connectivity index (χ0v) is 10.6. The minimum atomic E-state index is -0.418. The Morgan fingerprint density at radius 1 is 1.12 bits per heavy atom. The maximum absolute atomic E-state index is 11.0. The van der Waals surface area contributed by atoms with Crippen molar-refractivity contribution >= 4 is 23.7 Å². The fourth-order valence-electron chi connectivity index (χ4n) is 1.71.